The van der Waals surface area contributed by atoms with Gasteiger partial charge >= 0.3 is 0 Å². The smallest absolute Gasteiger partial charge is 0.251 e. The van der Waals surface area contributed by atoms with Crippen molar-refractivity contribution in [2.45, 2.75) is 39.7 Å². The molecule has 1 aromatic rings. The van der Waals surface area contributed by atoms with Crippen molar-refractivity contribution >= 4 is 11.6 Å². The Morgan fingerprint density at radius 3 is 2.57 bits per heavy atom. The normalized spacial score (nSPS) is 21.4. The third-order valence-corrected chi connectivity index (χ3v) is 4.11. The molecular formula is C16H20N2O3. The number of nitrogens with zero attached hydrogens (tertiary/aromatic N) is 1. The highest BCUT2D eigenvalue weighted by Crippen LogP contribution is 2.45. The van der Waals surface area contributed by atoms with Crippen LogP contribution < -0.4 is 14.9 Å². The highest BCUT2D eigenvalue weighted by molar-refractivity contribution is 6.20. The Kier molecular flexibility index (Phi) is 2.80. The van der Waals surface area contributed by atoms with Crippen LogP contribution in [0.1, 0.15) is 38.8 Å². The number of rotatable bonds is 2. The Bertz CT molecular complexity index is 660. The number of ether oxygens (including phenoxy) is 2. The van der Waals surface area contributed by atoms with Gasteiger partial charge in [-0.3, -0.25) is 4.79 Å². The number of hydrogen-bond acceptors (Lipinski definition) is 4. The van der Waals surface area contributed by atoms with Crippen LogP contribution in [0.25, 0.3) is 0 Å². The minimum atomic E-state index is -0.644. The molecule has 0 bridgehead atoms. The zero-order chi connectivity index (χ0) is 15.4. The molecule has 0 spiro atoms. The van der Waals surface area contributed by atoms with Gasteiger partial charge in [0.2, 0.25) is 0 Å². The first-order chi connectivity index (χ1) is 9.76. The summed E-state index contributed by atoms with van der Waals surface area (Å²) in [6.45, 7) is 7.85. The second-order valence-electron chi connectivity index (χ2n) is 6.69. The highest BCUT2D eigenvalue weighted by Gasteiger charge is 2.43. The van der Waals surface area contributed by atoms with Crippen molar-refractivity contribution in [1.82, 2.24) is 5.43 Å². The predicted octanol–water partition coefficient (Wildman–Crippen LogP) is 2.27. The van der Waals surface area contributed by atoms with Gasteiger partial charge in [-0.25, -0.2) is 5.43 Å². The van der Waals surface area contributed by atoms with E-state index in [1.807, 2.05) is 39.8 Å². The zero-order valence-corrected chi connectivity index (χ0v) is 13.0. The van der Waals surface area contributed by atoms with E-state index in [1.165, 1.54) is 0 Å². The first-order valence-corrected chi connectivity index (χ1v) is 7.04. The van der Waals surface area contributed by atoms with Gasteiger partial charge in [0.15, 0.2) is 11.5 Å². The van der Waals surface area contributed by atoms with Crippen LogP contribution in [0.4, 0.5) is 0 Å². The van der Waals surface area contributed by atoms with E-state index in [2.05, 4.69) is 10.5 Å². The van der Waals surface area contributed by atoms with Crippen molar-refractivity contribution in [3.63, 3.8) is 0 Å². The summed E-state index contributed by atoms with van der Waals surface area (Å²) in [6, 6.07) is 3.83. The van der Waals surface area contributed by atoms with Crippen LogP contribution in [0.3, 0.4) is 0 Å². The molecule has 0 aliphatic carbocycles. The van der Waals surface area contributed by atoms with Gasteiger partial charge in [0, 0.05) is 17.5 Å². The Hall–Kier alpha value is -2.04. The molecule has 0 saturated carbocycles. The van der Waals surface area contributed by atoms with Gasteiger partial charge in [-0.2, -0.15) is 5.10 Å². The van der Waals surface area contributed by atoms with Crippen molar-refractivity contribution in [3.8, 4) is 11.5 Å². The molecule has 1 amide bonds. The quantitative estimate of drug-likeness (QED) is 0.908. The molecule has 0 radical (unpaired) electrons. The molecule has 1 aromatic carbocycles. The van der Waals surface area contributed by atoms with E-state index in [0.29, 0.717) is 0 Å². The molecule has 3 rings (SSSR count). The Morgan fingerprint density at radius 2 is 2.00 bits per heavy atom. The van der Waals surface area contributed by atoms with E-state index in [9.17, 15) is 4.79 Å². The molecule has 2 heterocycles. The van der Waals surface area contributed by atoms with Gasteiger partial charge in [0.1, 0.15) is 5.60 Å². The molecule has 0 saturated heterocycles. The van der Waals surface area contributed by atoms with E-state index >= 15 is 0 Å². The summed E-state index contributed by atoms with van der Waals surface area (Å²) in [5, 5.41) is 4.24. The predicted molar refractivity (Wildman–Crippen MR) is 79.9 cm³/mol. The largest absolute Gasteiger partial charge is 0.493 e. The first-order valence-electron chi connectivity index (χ1n) is 7.04. The van der Waals surface area contributed by atoms with Crippen molar-refractivity contribution in [2.75, 3.05) is 7.11 Å². The van der Waals surface area contributed by atoms with Crippen LogP contribution in [-0.2, 0) is 11.2 Å². The molecule has 112 valence electrons. The molecule has 5 heteroatoms. The topological polar surface area (TPSA) is 59.9 Å². The molecule has 2 aliphatic heterocycles. The molecule has 1 N–H and O–H groups in total. The molecule has 0 unspecified atom stereocenters. The number of fused-ring (bicyclic) bond motifs is 1. The summed E-state index contributed by atoms with van der Waals surface area (Å²) in [6.07, 6.45) is 0.762. The summed E-state index contributed by atoms with van der Waals surface area (Å²) in [5.74, 6) is 1.40. The minimum absolute atomic E-state index is 0.0831. The fraction of sp³-hybridized carbons (Fsp3) is 0.500. The van der Waals surface area contributed by atoms with Gasteiger partial charge in [-0.15, -0.1) is 0 Å². The summed E-state index contributed by atoms with van der Waals surface area (Å²) < 4.78 is 11.4. The maximum Gasteiger partial charge on any atom is 0.251 e. The number of hydrazone groups is 1. The van der Waals surface area contributed by atoms with Gasteiger partial charge in [0.05, 0.1) is 18.2 Å². The molecule has 0 fully saturated rings. The van der Waals surface area contributed by atoms with E-state index in [4.69, 9.17) is 9.47 Å². The molecule has 0 aromatic heterocycles. The second-order valence-corrected chi connectivity index (χ2v) is 6.69. The maximum atomic E-state index is 11.9. The fourth-order valence-electron chi connectivity index (χ4n) is 2.91. The lowest BCUT2D eigenvalue weighted by molar-refractivity contribution is -0.125. The number of benzene rings is 1. The van der Waals surface area contributed by atoms with Crippen LogP contribution in [0, 0.1) is 5.41 Å². The molecule has 21 heavy (non-hydrogen) atoms. The summed E-state index contributed by atoms with van der Waals surface area (Å²) in [4.78, 5) is 11.9. The Balaban J connectivity index is 2.15. The van der Waals surface area contributed by atoms with Gasteiger partial charge < -0.3 is 9.47 Å². The number of hydrogen-bond donors (Lipinski definition) is 1. The fourth-order valence-corrected chi connectivity index (χ4v) is 2.91. The van der Waals surface area contributed by atoms with Crippen molar-refractivity contribution in [3.05, 3.63) is 23.3 Å². The van der Waals surface area contributed by atoms with Crippen LogP contribution in [0.15, 0.2) is 17.2 Å². The highest BCUT2D eigenvalue weighted by atomic mass is 16.5. The maximum absolute atomic E-state index is 11.9. The van der Waals surface area contributed by atoms with Crippen LogP contribution >= 0.6 is 0 Å². The van der Waals surface area contributed by atoms with Gasteiger partial charge in [-0.05, 0) is 39.8 Å². The van der Waals surface area contributed by atoms with Crippen LogP contribution in [-0.4, -0.2) is 24.3 Å². The zero-order valence-electron chi connectivity index (χ0n) is 13.0. The lowest BCUT2D eigenvalue weighted by Gasteiger charge is -2.19. The SMILES string of the molecule is COc1ccc(C2=NNC(=O)C2(C)C)c2c1OC(C)(C)C2. The minimum Gasteiger partial charge on any atom is -0.493 e. The van der Waals surface area contributed by atoms with Crippen LogP contribution in [0.5, 0.6) is 11.5 Å². The molecule has 2 aliphatic rings. The standard InChI is InChI=1S/C16H20N2O3/c1-15(2)8-10-9(6-7-11(20-5)12(10)21-15)13-16(3,4)14(19)18-17-13/h6-7H,8H2,1-5H3,(H,18,19). The average molecular weight is 288 g/mol. The van der Waals surface area contributed by atoms with Gasteiger partial charge in [-0.1, -0.05) is 0 Å². The number of carbonyl (C=O) groups is 1. The third kappa shape index (κ3) is 1.99. The molecule has 0 atom stereocenters. The monoisotopic (exact) mass is 288 g/mol. The van der Waals surface area contributed by atoms with Gasteiger partial charge in [0.25, 0.3) is 5.91 Å². The lowest BCUT2D eigenvalue weighted by atomic mass is 9.81. The molecular weight excluding hydrogens is 268 g/mol. The van der Waals surface area contributed by atoms with E-state index in [-0.39, 0.29) is 11.5 Å². The van der Waals surface area contributed by atoms with Crippen molar-refractivity contribution < 1.29 is 14.3 Å². The van der Waals surface area contributed by atoms with E-state index in [1.54, 1.807) is 7.11 Å². The number of amides is 1. The van der Waals surface area contributed by atoms with Crippen molar-refractivity contribution in [1.29, 1.82) is 0 Å². The third-order valence-electron chi connectivity index (χ3n) is 4.11. The summed E-state index contributed by atoms with van der Waals surface area (Å²) in [5.41, 5.74) is 4.42. The van der Waals surface area contributed by atoms with Crippen LogP contribution in [0.2, 0.25) is 0 Å². The average Bonchev–Trinajstić information content (AvgIpc) is 2.85. The number of methoxy groups -OCH3 is 1. The Morgan fingerprint density at radius 1 is 1.29 bits per heavy atom. The first kappa shape index (κ1) is 13.9. The Labute approximate surface area is 124 Å². The summed E-state index contributed by atoms with van der Waals surface area (Å²) >= 11 is 0. The summed E-state index contributed by atoms with van der Waals surface area (Å²) in [7, 11) is 1.63. The number of carbonyl (C=O) groups excluding carboxylic acids is 1. The second kappa shape index (κ2) is 4.23. The number of nitrogens with one attached hydrogen (secondary N) is 1. The van der Waals surface area contributed by atoms with Crippen molar-refractivity contribution in [2.24, 2.45) is 10.5 Å². The van der Waals surface area contributed by atoms with E-state index in [0.717, 1.165) is 34.8 Å². The van der Waals surface area contributed by atoms with E-state index < -0.39 is 5.41 Å². The molecule has 5 nitrogen and oxygen atoms in total. The lowest BCUT2D eigenvalue weighted by Crippen LogP contribution is -2.33.